The first-order valence-corrected chi connectivity index (χ1v) is 10.9. The van der Waals surface area contributed by atoms with Gasteiger partial charge in [-0.2, -0.15) is 15.0 Å². The van der Waals surface area contributed by atoms with E-state index in [-0.39, 0.29) is 0 Å². The van der Waals surface area contributed by atoms with Gasteiger partial charge in [0, 0.05) is 36.9 Å². The Morgan fingerprint density at radius 2 is 0.792 bits per heavy atom. The van der Waals surface area contributed by atoms with Crippen molar-refractivity contribution in [2.45, 2.75) is 15.5 Å². The summed E-state index contributed by atoms with van der Waals surface area (Å²) in [6.07, 6.45) is 0. The van der Waals surface area contributed by atoms with Crippen LogP contribution in [-0.2, 0) is 0 Å². The fraction of sp³-hybridized carbons (Fsp3) is 0.800. The third kappa shape index (κ3) is 10.7. The molecule has 0 saturated heterocycles. The van der Waals surface area contributed by atoms with Crippen LogP contribution in [0, 0.1) is 0 Å². The quantitative estimate of drug-likeness (QED) is 0.497. The van der Waals surface area contributed by atoms with Gasteiger partial charge in [0.05, 0.1) is 0 Å². The van der Waals surface area contributed by atoms with Crippen molar-refractivity contribution in [3.05, 3.63) is 0 Å². The van der Waals surface area contributed by atoms with Crippen molar-refractivity contribution in [1.82, 2.24) is 29.7 Å². The maximum atomic E-state index is 4.61. The lowest BCUT2D eigenvalue weighted by atomic mass is 10.7. The number of nitrogens with zero attached hydrogens (tertiary/aromatic N) is 6. The molecule has 0 aliphatic carbocycles. The molecule has 0 aliphatic rings. The minimum Gasteiger partial charge on any atom is -0.309 e. The molecular formula is C15H30N6S3. The van der Waals surface area contributed by atoms with Gasteiger partial charge in [-0.25, -0.2) is 0 Å². The Labute approximate surface area is 159 Å². The Morgan fingerprint density at radius 3 is 1.00 bits per heavy atom. The molecule has 9 heteroatoms. The average molecular weight is 391 g/mol. The van der Waals surface area contributed by atoms with Crippen LogP contribution < -0.4 is 0 Å². The van der Waals surface area contributed by atoms with Gasteiger partial charge in [0.2, 0.25) is 0 Å². The molecule has 0 fully saturated rings. The molecule has 6 nitrogen and oxygen atoms in total. The molecule has 0 amide bonds. The fourth-order valence-corrected chi connectivity index (χ4v) is 4.47. The molecule has 1 rings (SSSR count). The van der Waals surface area contributed by atoms with Crippen molar-refractivity contribution >= 4 is 35.3 Å². The van der Waals surface area contributed by atoms with E-state index in [0.717, 1.165) is 52.4 Å². The Hall–Kier alpha value is -0.0600. The topological polar surface area (TPSA) is 48.4 Å². The zero-order valence-corrected chi connectivity index (χ0v) is 18.1. The van der Waals surface area contributed by atoms with Gasteiger partial charge >= 0.3 is 0 Å². The summed E-state index contributed by atoms with van der Waals surface area (Å²) in [5.74, 6) is 2.96. The fourth-order valence-electron chi connectivity index (χ4n) is 1.47. The Balaban J connectivity index is 2.68. The van der Waals surface area contributed by atoms with Gasteiger partial charge in [-0.3, -0.25) is 0 Å². The maximum Gasteiger partial charge on any atom is 0.192 e. The van der Waals surface area contributed by atoms with E-state index >= 15 is 0 Å². The Kier molecular flexibility index (Phi) is 11.3. The first-order valence-electron chi connectivity index (χ1n) is 7.95. The molecule has 1 aromatic heterocycles. The van der Waals surface area contributed by atoms with E-state index in [1.54, 1.807) is 35.3 Å². The van der Waals surface area contributed by atoms with Gasteiger partial charge in [-0.05, 0) is 42.3 Å². The summed E-state index contributed by atoms with van der Waals surface area (Å²) in [4.78, 5) is 20.4. The smallest absolute Gasteiger partial charge is 0.192 e. The zero-order valence-electron chi connectivity index (χ0n) is 15.7. The highest BCUT2D eigenvalue weighted by Gasteiger charge is 2.09. The number of hydrogen-bond donors (Lipinski definition) is 0. The van der Waals surface area contributed by atoms with Crippen molar-refractivity contribution in [2.24, 2.45) is 0 Å². The molecular weight excluding hydrogens is 360 g/mol. The first-order chi connectivity index (χ1) is 11.4. The molecule has 0 aliphatic heterocycles. The average Bonchev–Trinajstić information content (AvgIpc) is 2.46. The summed E-state index contributed by atoms with van der Waals surface area (Å²) in [6.45, 7) is 3.05. The Morgan fingerprint density at radius 1 is 0.542 bits per heavy atom. The molecule has 1 heterocycles. The van der Waals surface area contributed by atoms with E-state index in [4.69, 9.17) is 0 Å². The van der Waals surface area contributed by atoms with Crippen molar-refractivity contribution in [1.29, 1.82) is 0 Å². The first kappa shape index (κ1) is 22.0. The van der Waals surface area contributed by atoms with Crippen molar-refractivity contribution < 1.29 is 0 Å². The molecule has 24 heavy (non-hydrogen) atoms. The van der Waals surface area contributed by atoms with Crippen LogP contribution in [0.2, 0.25) is 0 Å². The van der Waals surface area contributed by atoms with E-state index < -0.39 is 0 Å². The van der Waals surface area contributed by atoms with Crippen LogP contribution in [0.15, 0.2) is 15.5 Å². The largest absolute Gasteiger partial charge is 0.309 e. The lowest BCUT2D eigenvalue weighted by molar-refractivity contribution is 0.437. The van der Waals surface area contributed by atoms with Gasteiger partial charge in [0.1, 0.15) is 0 Å². The van der Waals surface area contributed by atoms with Crippen LogP contribution in [0.25, 0.3) is 0 Å². The van der Waals surface area contributed by atoms with Gasteiger partial charge in [0.25, 0.3) is 0 Å². The normalized spacial score (nSPS) is 11.9. The van der Waals surface area contributed by atoms with Gasteiger partial charge < -0.3 is 14.7 Å². The minimum atomic E-state index is 0.839. The van der Waals surface area contributed by atoms with Crippen molar-refractivity contribution in [3.63, 3.8) is 0 Å². The Bertz CT molecular complexity index is 392. The summed E-state index contributed by atoms with van der Waals surface area (Å²) in [6, 6.07) is 0. The second kappa shape index (κ2) is 12.3. The predicted octanol–water partition coefficient (Wildman–Crippen LogP) is 1.83. The number of rotatable bonds is 12. The second-order valence-corrected chi connectivity index (χ2v) is 9.32. The molecule has 138 valence electrons. The second-order valence-electron chi connectivity index (χ2n) is 6.14. The number of thioether (sulfide) groups is 3. The van der Waals surface area contributed by atoms with Crippen LogP contribution in [0.4, 0.5) is 0 Å². The number of hydrogen-bond acceptors (Lipinski definition) is 9. The monoisotopic (exact) mass is 390 g/mol. The van der Waals surface area contributed by atoms with Crippen LogP contribution in [-0.4, -0.2) is 109 Å². The number of aromatic nitrogens is 3. The van der Waals surface area contributed by atoms with Crippen LogP contribution >= 0.6 is 35.3 Å². The lowest BCUT2D eigenvalue weighted by Gasteiger charge is -2.11. The van der Waals surface area contributed by atoms with E-state index in [0.29, 0.717) is 0 Å². The van der Waals surface area contributed by atoms with Gasteiger partial charge in [-0.1, -0.05) is 35.3 Å². The molecule has 0 radical (unpaired) electrons. The highest BCUT2D eigenvalue weighted by Crippen LogP contribution is 2.22. The van der Waals surface area contributed by atoms with Crippen LogP contribution in [0.3, 0.4) is 0 Å². The van der Waals surface area contributed by atoms with E-state index in [9.17, 15) is 0 Å². The van der Waals surface area contributed by atoms with E-state index in [1.165, 1.54) is 0 Å². The summed E-state index contributed by atoms with van der Waals surface area (Å²) in [5.41, 5.74) is 0. The highest BCUT2D eigenvalue weighted by molar-refractivity contribution is 8.00. The third-order valence-corrected chi connectivity index (χ3v) is 5.37. The summed E-state index contributed by atoms with van der Waals surface area (Å²) < 4.78 is 0. The molecule has 1 aromatic rings. The summed E-state index contributed by atoms with van der Waals surface area (Å²) >= 11 is 5.12. The molecule has 0 N–H and O–H groups in total. The summed E-state index contributed by atoms with van der Waals surface area (Å²) in [7, 11) is 12.5. The highest BCUT2D eigenvalue weighted by atomic mass is 32.2. The van der Waals surface area contributed by atoms with Crippen molar-refractivity contribution in [2.75, 3.05) is 79.2 Å². The van der Waals surface area contributed by atoms with Gasteiger partial charge in [0.15, 0.2) is 15.5 Å². The maximum absolute atomic E-state index is 4.61. The summed E-state index contributed by atoms with van der Waals surface area (Å²) in [5, 5.41) is 2.52. The third-order valence-electron chi connectivity index (χ3n) is 2.88. The molecule has 0 saturated carbocycles. The van der Waals surface area contributed by atoms with Gasteiger partial charge in [-0.15, -0.1) is 0 Å². The minimum absolute atomic E-state index is 0.839. The molecule has 0 unspecified atom stereocenters. The van der Waals surface area contributed by atoms with Crippen molar-refractivity contribution in [3.8, 4) is 0 Å². The molecule has 0 aromatic carbocycles. The van der Waals surface area contributed by atoms with E-state index in [2.05, 4.69) is 71.9 Å². The zero-order chi connectivity index (χ0) is 17.9. The molecule has 0 bridgehead atoms. The molecule has 0 atom stereocenters. The predicted molar refractivity (Wildman–Crippen MR) is 108 cm³/mol. The molecule has 0 spiro atoms. The lowest BCUT2D eigenvalue weighted by Crippen LogP contribution is -2.16. The van der Waals surface area contributed by atoms with E-state index in [1.807, 2.05) is 0 Å². The van der Waals surface area contributed by atoms with Crippen LogP contribution in [0.1, 0.15) is 0 Å². The standard InChI is InChI=1S/C15H30N6S3/c1-19(2)7-10-22-13-16-14(23-11-8-20(3)4)18-15(17-13)24-12-9-21(5)6/h7-12H2,1-6H3. The SMILES string of the molecule is CN(C)CCSc1nc(SCCN(C)C)nc(SCCN(C)C)n1. The van der Waals surface area contributed by atoms with Crippen LogP contribution in [0.5, 0.6) is 0 Å².